The Hall–Kier alpha value is -2.15. The van der Waals surface area contributed by atoms with E-state index in [1.807, 2.05) is 20.8 Å². The maximum absolute atomic E-state index is 11.4. The van der Waals surface area contributed by atoms with Gasteiger partial charge in [0.1, 0.15) is 11.4 Å². The van der Waals surface area contributed by atoms with Crippen LogP contribution >= 0.6 is 0 Å². The molecule has 116 valence electrons. The number of anilines is 1. The van der Waals surface area contributed by atoms with Gasteiger partial charge in [0.2, 0.25) is 0 Å². The Kier molecular flexibility index (Phi) is 6.10. The fraction of sp³-hybridized carbons (Fsp3) is 0.500. The SMILES string of the molecule is CC(C)(C)OC(=O)CNCCNc1ccc(C(=O)O)cn1. The van der Waals surface area contributed by atoms with Crippen LogP contribution in [0.15, 0.2) is 18.3 Å². The van der Waals surface area contributed by atoms with Crippen molar-refractivity contribution in [3.05, 3.63) is 23.9 Å². The summed E-state index contributed by atoms with van der Waals surface area (Å²) < 4.78 is 5.15. The van der Waals surface area contributed by atoms with Crippen LogP contribution in [0.1, 0.15) is 31.1 Å². The van der Waals surface area contributed by atoms with Crippen molar-refractivity contribution in [2.45, 2.75) is 26.4 Å². The van der Waals surface area contributed by atoms with Crippen LogP contribution in [0, 0.1) is 0 Å². The number of carbonyl (C=O) groups is 2. The van der Waals surface area contributed by atoms with Crippen LogP contribution in [0.5, 0.6) is 0 Å². The minimum absolute atomic E-state index is 0.142. The summed E-state index contributed by atoms with van der Waals surface area (Å²) in [4.78, 5) is 26.0. The molecule has 1 heterocycles. The van der Waals surface area contributed by atoms with Gasteiger partial charge >= 0.3 is 11.9 Å². The summed E-state index contributed by atoms with van der Waals surface area (Å²) in [6.07, 6.45) is 1.29. The zero-order chi connectivity index (χ0) is 15.9. The Balaban J connectivity index is 2.19. The lowest BCUT2D eigenvalue weighted by Gasteiger charge is -2.19. The second kappa shape index (κ2) is 7.58. The van der Waals surface area contributed by atoms with Crippen molar-refractivity contribution in [1.29, 1.82) is 0 Å². The Morgan fingerprint density at radius 2 is 2.00 bits per heavy atom. The zero-order valence-electron chi connectivity index (χ0n) is 12.5. The summed E-state index contributed by atoms with van der Waals surface area (Å²) in [5.41, 5.74) is -0.337. The van der Waals surface area contributed by atoms with Crippen LogP contribution in [0.25, 0.3) is 0 Å². The van der Waals surface area contributed by atoms with Crippen LogP contribution in [0.3, 0.4) is 0 Å². The van der Waals surface area contributed by atoms with Crippen molar-refractivity contribution < 1.29 is 19.4 Å². The van der Waals surface area contributed by atoms with Crippen molar-refractivity contribution in [1.82, 2.24) is 10.3 Å². The number of carboxylic acids is 1. The molecule has 0 unspecified atom stereocenters. The first-order valence-electron chi connectivity index (χ1n) is 6.64. The number of hydrogen-bond donors (Lipinski definition) is 3. The van der Waals surface area contributed by atoms with Crippen molar-refractivity contribution >= 4 is 17.8 Å². The summed E-state index contributed by atoms with van der Waals surface area (Å²) in [5, 5.41) is 14.7. The molecule has 1 rings (SSSR count). The molecule has 0 aliphatic heterocycles. The molecule has 0 aliphatic rings. The van der Waals surface area contributed by atoms with E-state index in [9.17, 15) is 9.59 Å². The number of rotatable bonds is 7. The fourth-order valence-corrected chi connectivity index (χ4v) is 1.47. The third kappa shape index (κ3) is 7.26. The van der Waals surface area contributed by atoms with Gasteiger partial charge in [-0.1, -0.05) is 0 Å². The Bertz CT molecular complexity index is 480. The van der Waals surface area contributed by atoms with Gasteiger partial charge in [-0.05, 0) is 32.9 Å². The first-order valence-corrected chi connectivity index (χ1v) is 6.64. The lowest BCUT2D eigenvalue weighted by atomic mass is 10.2. The molecule has 0 aromatic carbocycles. The number of carbonyl (C=O) groups excluding carboxylic acids is 1. The van der Waals surface area contributed by atoms with E-state index in [-0.39, 0.29) is 18.1 Å². The highest BCUT2D eigenvalue weighted by Crippen LogP contribution is 2.06. The summed E-state index contributed by atoms with van der Waals surface area (Å²) in [7, 11) is 0. The highest BCUT2D eigenvalue weighted by atomic mass is 16.6. The van der Waals surface area contributed by atoms with Gasteiger partial charge in [-0.25, -0.2) is 9.78 Å². The second-order valence-corrected chi connectivity index (χ2v) is 5.43. The molecular weight excluding hydrogens is 274 g/mol. The van der Waals surface area contributed by atoms with Crippen molar-refractivity contribution in [2.24, 2.45) is 0 Å². The van der Waals surface area contributed by atoms with Gasteiger partial charge in [0, 0.05) is 19.3 Å². The smallest absolute Gasteiger partial charge is 0.337 e. The standard InChI is InChI=1S/C14H21N3O4/c1-14(2,3)21-12(18)9-15-6-7-16-11-5-4-10(8-17-11)13(19)20/h4-5,8,15H,6-7,9H2,1-3H3,(H,16,17)(H,19,20). The number of aromatic nitrogens is 1. The molecule has 0 aliphatic carbocycles. The van der Waals surface area contributed by atoms with Gasteiger partial charge in [-0.3, -0.25) is 4.79 Å². The van der Waals surface area contributed by atoms with Gasteiger partial charge in [0.15, 0.2) is 0 Å². The van der Waals surface area contributed by atoms with Crippen molar-refractivity contribution in [2.75, 3.05) is 25.0 Å². The first kappa shape index (κ1) is 16.9. The number of carboxylic acid groups (broad SMARTS) is 1. The van der Waals surface area contributed by atoms with Crippen LogP contribution in [-0.4, -0.2) is 47.3 Å². The molecule has 0 saturated carbocycles. The van der Waals surface area contributed by atoms with Gasteiger partial charge in [-0.15, -0.1) is 0 Å². The van der Waals surface area contributed by atoms with Gasteiger partial charge in [-0.2, -0.15) is 0 Å². The molecule has 1 aromatic heterocycles. The summed E-state index contributed by atoms with van der Waals surface area (Å²) in [6.45, 7) is 6.71. The lowest BCUT2D eigenvalue weighted by Crippen LogP contribution is -2.33. The third-order valence-electron chi connectivity index (χ3n) is 2.31. The van der Waals surface area contributed by atoms with Gasteiger partial charge < -0.3 is 20.5 Å². The number of pyridine rings is 1. The fourth-order valence-electron chi connectivity index (χ4n) is 1.47. The molecule has 0 spiro atoms. The molecular formula is C14H21N3O4. The topological polar surface area (TPSA) is 101 Å². The van der Waals surface area contributed by atoms with E-state index >= 15 is 0 Å². The maximum Gasteiger partial charge on any atom is 0.337 e. The molecule has 0 saturated heterocycles. The normalized spacial score (nSPS) is 11.0. The summed E-state index contributed by atoms with van der Waals surface area (Å²) in [6, 6.07) is 3.07. The first-order chi connectivity index (χ1) is 9.78. The van der Waals surface area contributed by atoms with Gasteiger partial charge in [0.25, 0.3) is 0 Å². The highest BCUT2D eigenvalue weighted by molar-refractivity contribution is 5.87. The van der Waals surface area contributed by atoms with E-state index in [2.05, 4.69) is 15.6 Å². The molecule has 7 nitrogen and oxygen atoms in total. The number of ether oxygens (including phenoxy) is 1. The zero-order valence-corrected chi connectivity index (χ0v) is 12.5. The second-order valence-electron chi connectivity index (χ2n) is 5.43. The number of nitrogens with zero attached hydrogens (tertiary/aromatic N) is 1. The molecule has 21 heavy (non-hydrogen) atoms. The quantitative estimate of drug-likeness (QED) is 0.512. The molecule has 0 atom stereocenters. The van der Waals surface area contributed by atoms with Crippen LogP contribution in [0.4, 0.5) is 5.82 Å². The third-order valence-corrected chi connectivity index (χ3v) is 2.31. The average Bonchev–Trinajstić information content (AvgIpc) is 2.36. The Morgan fingerprint density at radius 3 is 2.52 bits per heavy atom. The van der Waals surface area contributed by atoms with Gasteiger partial charge in [0.05, 0.1) is 12.1 Å². The summed E-state index contributed by atoms with van der Waals surface area (Å²) >= 11 is 0. The van der Waals surface area contributed by atoms with Crippen molar-refractivity contribution in [3.8, 4) is 0 Å². The molecule has 7 heteroatoms. The molecule has 0 amide bonds. The van der Waals surface area contributed by atoms with Crippen LogP contribution < -0.4 is 10.6 Å². The molecule has 0 radical (unpaired) electrons. The van der Waals surface area contributed by atoms with E-state index in [1.54, 1.807) is 6.07 Å². The number of esters is 1. The number of hydrogen-bond acceptors (Lipinski definition) is 6. The number of nitrogens with one attached hydrogen (secondary N) is 2. The Labute approximate surface area is 123 Å². The minimum atomic E-state index is -1.01. The minimum Gasteiger partial charge on any atom is -0.478 e. The molecule has 0 fully saturated rings. The lowest BCUT2D eigenvalue weighted by molar-refractivity contribution is -0.153. The largest absolute Gasteiger partial charge is 0.478 e. The van der Waals surface area contributed by atoms with E-state index < -0.39 is 11.6 Å². The van der Waals surface area contributed by atoms with Crippen LogP contribution in [-0.2, 0) is 9.53 Å². The summed E-state index contributed by atoms with van der Waals surface area (Å²) in [5.74, 6) is -0.724. The maximum atomic E-state index is 11.4. The van der Waals surface area contributed by atoms with Crippen LogP contribution in [0.2, 0.25) is 0 Å². The molecule has 0 bridgehead atoms. The van der Waals surface area contributed by atoms with E-state index in [0.29, 0.717) is 18.9 Å². The predicted molar refractivity (Wildman–Crippen MR) is 78.4 cm³/mol. The molecule has 3 N–H and O–H groups in total. The number of aromatic carboxylic acids is 1. The Morgan fingerprint density at radius 1 is 1.29 bits per heavy atom. The predicted octanol–water partition coefficient (Wildman–Crippen LogP) is 1.12. The van der Waals surface area contributed by atoms with Crippen molar-refractivity contribution in [3.63, 3.8) is 0 Å². The monoisotopic (exact) mass is 295 g/mol. The molecule has 1 aromatic rings. The average molecular weight is 295 g/mol. The van der Waals surface area contributed by atoms with E-state index in [4.69, 9.17) is 9.84 Å². The highest BCUT2D eigenvalue weighted by Gasteiger charge is 2.15. The van der Waals surface area contributed by atoms with E-state index in [1.165, 1.54) is 12.3 Å². The van der Waals surface area contributed by atoms with E-state index in [0.717, 1.165) is 0 Å².